The number of urea groups is 1. The van der Waals surface area contributed by atoms with Gasteiger partial charge in [-0.15, -0.1) is 0 Å². The molecule has 0 saturated carbocycles. The number of nitrogens with zero attached hydrogens (tertiary/aromatic N) is 1. The second-order valence-corrected chi connectivity index (χ2v) is 5.57. The Morgan fingerprint density at radius 3 is 2.70 bits per heavy atom. The van der Waals surface area contributed by atoms with Crippen LogP contribution in [0.1, 0.15) is 18.5 Å². The highest BCUT2D eigenvalue weighted by atomic mass is 35.5. The molecule has 0 saturated heterocycles. The van der Waals surface area contributed by atoms with E-state index < -0.39 is 12.0 Å². The van der Waals surface area contributed by atoms with Crippen LogP contribution in [0.3, 0.4) is 0 Å². The Labute approximate surface area is 137 Å². The Hall–Kier alpha value is -2.41. The second kappa shape index (κ2) is 5.66. The van der Waals surface area contributed by atoms with E-state index in [1.165, 1.54) is 12.0 Å². The van der Waals surface area contributed by atoms with Crippen LogP contribution in [0.5, 0.6) is 11.5 Å². The molecule has 2 heterocycles. The fraction of sp³-hybridized carbons (Fsp3) is 0.333. The average Bonchev–Trinajstić information content (AvgIpc) is 2.98. The minimum absolute atomic E-state index is 0.105. The summed E-state index contributed by atoms with van der Waals surface area (Å²) in [5.41, 5.74) is 1.35. The highest BCUT2D eigenvalue weighted by molar-refractivity contribution is 6.31. The molecule has 1 N–H and O–H groups in total. The van der Waals surface area contributed by atoms with Crippen LogP contribution in [0.25, 0.3) is 0 Å². The lowest BCUT2D eigenvalue weighted by atomic mass is 9.94. The molecule has 2 aliphatic heterocycles. The normalized spacial score (nSPS) is 19.7. The van der Waals surface area contributed by atoms with Gasteiger partial charge >= 0.3 is 12.0 Å². The molecule has 0 spiro atoms. The molecule has 0 aliphatic carbocycles. The zero-order chi connectivity index (χ0) is 16.7. The Morgan fingerprint density at radius 2 is 2.04 bits per heavy atom. The molecule has 23 heavy (non-hydrogen) atoms. The molecule has 0 radical (unpaired) electrons. The number of carbonyl (C=O) groups excluding carboxylic acids is 2. The molecular weight excluding hydrogens is 324 g/mol. The van der Waals surface area contributed by atoms with E-state index in [4.69, 9.17) is 25.8 Å². The monoisotopic (exact) mass is 338 g/mol. The number of ether oxygens (including phenoxy) is 3. The van der Waals surface area contributed by atoms with Gasteiger partial charge in [0.05, 0.1) is 23.7 Å². The van der Waals surface area contributed by atoms with Gasteiger partial charge in [0, 0.05) is 24.4 Å². The van der Waals surface area contributed by atoms with Gasteiger partial charge in [-0.2, -0.15) is 0 Å². The third-order valence-electron chi connectivity index (χ3n) is 3.96. The SMILES string of the molecule is COC(=O)C1=C(C)N(C)C(=O)N[C@H]1c1cc2c(cc1Cl)OCO2. The molecule has 0 bridgehead atoms. The van der Waals surface area contributed by atoms with Crippen molar-refractivity contribution < 1.29 is 23.8 Å². The van der Waals surface area contributed by atoms with E-state index in [-0.39, 0.29) is 12.8 Å². The first-order chi connectivity index (χ1) is 10.9. The van der Waals surface area contributed by atoms with Gasteiger partial charge in [-0.3, -0.25) is 0 Å². The Balaban J connectivity index is 2.13. The van der Waals surface area contributed by atoms with Crippen LogP contribution in [0.2, 0.25) is 5.02 Å². The van der Waals surface area contributed by atoms with Crippen molar-refractivity contribution >= 4 is 23.6 Å². The Bertz CT molecular complexity index is 731. The van der Waals surface area contributed by atoms with E-state index in [0.717, 1.165) is 0 Å². The lowest BCUT2D eigenvalue weighted by Crippen LogP contribution is -2.46. The summed E-state index contributed by atoms with van der Waals surface area (Å²) < 4.78 is 15.5. The molecule has 8 heteroatoms. The van der Waals surface area contributed by atoms with Crippen molar-refractivity contribution in [3.8, 4) is 11.5 Å². The van der Waals surface area contributed by atoms with Crippen molar-refractivity contribution in [2.75, 3.05) is 21.0 Å². The van der Waals surface area contributed by atoms with Crippen LogP contribution < -0.4 is 14.8 Å². The summed E-state index contributed by atoms with van der Waals surface area (Å²) in [7, 11) is 2.86. The lowest BCUT2D eigenvalue weighted by molar-refractivity contribution is -0.136. The summed E-state index contributed by atoms with van der Waals surface area (Å²) in [5, 5.41) is 3.12. The van der Waals surface area contributed by atoms with Gasteiger partial charge < -0.3 is 24.4 Å². The quantitative estimate of drug-likeness (QED) is 0.837. The maximum absolute atomic E-state index is 12.2. The molecule has 1 aromatic carbocycles. The smallest absolute Gasteiger partial charge is 0.337 e. The van der Waals surface area contributed by atoms with Gasteiger partial charge in [0.25, 0.3) is 0 Å². The number of benzene rings is 1. The Kier molecular flexibility index (Phi) is 3.81. The molecule has 2 amide bonds. The zero-order valence-corrected chi connectivity index (χ0v) is 13.6. The van der Waals surface area contributed by atoms with Crippen LogP contribution in [-0.4, -0.2) is 37.9 Å². The predicted octanol–water partition coefficient (Wildman–Crippen LogP) is 2.21. The molecular formula is C15H15ClN2O5. The molecule has 2 aliphatic rings. The third-order valence-corrected chi connectivity index (χ3v) is 4.29. The first kappa shape index (κ1) is 15.5. The molecule has 122 valence electrons. The summed E-state index contributed by atoms with van der Waals surface area (Å²) in [6.45, 7) is 1.78. The van der Waals surface area contributed by atoms with Crippen molar-refractivity contribution in [2.45, 2.75) is 13.0 Å². The van der Waals surface area contributed by atoms with Crippen LogP contribution >= 0.6 is 11.6 Å². The van der Waals surface area contributed by atoms with Crippen LogP contribution in [-0.2, 0) is 9.53 Å². The first-order valence-corrected chi connectivity index (χ1v) is 7.24. The predicted molar refractivity (Wildman–Crippen MR) is 81.3 cm³/mol. The van der Waals surface area contributed by atoms with Crippen molar-refractivity contribution in [1.82, 2.24) is 10.2 Å². The Morgan fingerprint density at radius 1 is 1.39 bits per heavy atom. The molecule has 7 nitrogen and oxygen atoms in total. The van der Waals surface area contributed by atoms with Crippen molar-refractivity contribution in [3.63, 3.8) is 0 Å². The number of esters is 1. The number of halogens is 1. The molecule has 0 aromatic heterocycles. The highest BCUT2D eigenvalue weighted by Gasteiger charge is 2.36. The molecule has 3 rings (SSSR count). The average molecular weight is 339 g/mol. The van der Waals surface area contributed by atoms with Crippen molar-refractivity contribution in [1.29, 1.82) is 0 Å². The summed E-state index contributed by atoms with van der Waals surface area (Å²) in [6.07, 6.45) is 0. The summed E-state index contributed by atoms with van der Waals surface area (Å²) in [5.74, 6) is 0.505. The van der Waals surface area contributed by atoms with Crippen molar-refractivity contribution in [3.05, 3.63) is 34.0 Å². The van der Waals surface area contributed by atoms with E-state index in [2.05, 4.69) is 5.32 Å². The summed E-state index contributed by atoms with van der Waals surface area (Å²) in [6, 6.07) is 2.20. The van der Waals surface area contributed by atoms with Crippen molar-refractivity contribution in [2.24, 2.45) is 0 Å². The van der Waals surface area contributed by atoms with Gasteiger partial charge in [0.15, 0.2) is 11.5 Å². The van der Waals surface area contributed by atoms with Gasteiger partial charge in [-0.25, -0.2) is 9.59 Å². The third kappa shape index (κ3) is 2.46. The number of rotatable bonds is 2. The minimum atomic E-state index is -0.729. The number of allylic oxidation sites excluding steroid dienone is 1. The van der Waals surface area contributed by atoms with E-state index in [9.17, 15) is 9.59 Å². The zero-order valence-electron chi connectivity index (χ0n) is 12.8. The van der Waals surface area contributed by atoms with Gasteiger partial charge in [0.1, 0.15) is 0 Å². The topological polar surface area (TPSA) is 77.1 Å². The van der Waals surface area contributed by atoms with Crippen LogP contribution in [0.15, 0.2) is 23.4 Å². The van der Waals surface area contributed by atoms with E-state index in [1.54, 1.807) is 26.1 Å². The number of hydrogen-bond donors (Lipinski definition) is 1. The molecule has 1 aromatic rings. The largest absolute Gasteiger partial charge is 0.466 e. The number of nitrogens with one attached hydrogen (secondary N) is 1. The first-order valence-electron chi connectivity index (χ1n) is 6.86. The molecule has 1 atom stereocenters. The number of amides is 2. The number of methoxy groups -OCH3 is 1. The van der Waals surface area contributed by atoms with Crippen LogP contribution in [0.4, 0.5) is 4.79 Å². The fourth-order valence-electron chi connectivity index (χ4n) is 2.60. The summed E-state index contributed by atoms with van der Waals surface area (Å²) >= 11 is 6.31. The summed E-state index contributed by atoms with van der Waals surface area (Å²) in [4.78, 5) is 25.7. The standard InChI is InChI=1S/C15H15ClN2O5/c1-7-12(14(19)21-3)13(17-15(20)18(7)2)8-4-10-11(5-9(8)16)23-6-22-10/h4-5,13H,6H2,1-3H3,(H,17,20)/t13-/m0/s1. The molecule has 0 fully saturated rings. The maximum atomic E-state index is 12.2. The molecule has 0 unspecified atom stereocenters. The van der Waals surface area contributed by atoms with E-state index in [1.807, 2.05) is 0 Å². The van der Waals surface area contributed by atoms with E-state index in [0.29, 0.717) is 33.4 Å². The lowest BCUT2D eigenvalue weighted by Gasteiger charge is -2.33. The fourth-order valence-corrected chi connectivity index (χ4v) is 2.86. The van der Waals surface area contributed by atoms with E-state index >= 15 is 0 Å². The second-order valence-electron chi connectivity index (χ2n) is 5.16. The number of carbonyl (C=O) groups is 2. The van der Waals surface area contributed by atoms with Gasteiger partial charge in [-0.05, 0) is 13.0 Å². The van der Waals surface area contributed by atoms with Crippen LogP contribution in [0, 0.1) is 0 Å². The number of hydrogen-bond acceptors (Lipinski definition) is 5. The number of fused-ring (bicyclic) bond motifs is 1. The minimum Gasteiger partial charge on any atom is -0.466 e. The van der Waals surface area contributed by atoms with Gasteiger partial charge in [0.2, 0.25) is 6.79 Å². The highest BCUT2D eigenvalue weighted by Crippen LogP contribution is 2.42. The maximum Gasteiger partial charge on any atom is 0.337 e. The van der Waals surface area contributed by atoms with Gasteiger partial charge in [-0.1, -0.05) is 11.6 Å².